The van der Waals surface area contributed by atoms with E-state index in [2.05, 4.69) is 35.4 Å². The highest BCUT2D eigenvalue weighted by Crippen LogP contribution is 2.32. The van der Waals surface area contributed by atoms with Crippen molar-refractivity contribution >= 4 is 42.2 Å². The van der Waals surface area contributed by atoms with E-state index in [0.29, 0.717) is 62.7 Å². The number of likely N-dealkylation sites (N-methyl/N-ethyl adjacent to an activating group) is 1. The van der Waals surface area contributed by atoms with Crippen LogP contribution in [0.5, 0.6) is 0 Å². The predicted octanol–water partition coefficient (Wildman–Crippen LogP) is 4.35. The zero-order valence-electron chi connectivity index (χ0n) is 26.8. The first kappa shape index (κ1) is 34.2. The molecule has 0 bridgehead atoms. The molecule has 5 unspecified atom stereocenters. The second-order valence-electron chi connectivity index (χ2n) is 12.5. The Morgan fingerprint density at radius 3 is 2.30 bits per heavy atom. The minimum absolute atomic E-state index is 0.139. The van der Waals surface area contributed by atoms with Crippen LogP contribution in [0.15, 0.2) is 78.9 Å². The van der Waals surface area contributed by atoms with E-state index in [1.54, 1.807) is 29.2 Å². The van der Waals surface area contributed by atoms with E-state index in [1.807, 2.05) is 49.4 Å². The van der Waals surface area contributed by atoms with Crippen molar-refractivity contribution in [3.8, 4) is 0 Å². The van der Waals surface area contributed by atoms with E-state index >= 15 is 0 Å². The third-order valence-corrected chi connectivity index (χ3v) is 9.88. The van der Waals surface area contributed by atoms with Gasteiger partial charge in [-0.15, -0.1) is 0 Å². The van der Waals surface area contributed by atoms with Crippen LogP contribution in [0, 0.1) is 11.8 Å². The molecule has 1 fully saturated rings. The Morgan fingerprint density at radius 1 is 0.936 bits per heavy atom. The number of hydrogen-bond acceptors (Lipinski definition) is 6. The monoisotopic (exact) mass is 656 g/mol. The number of benzene rings is 2. The number of amides is 5. The van der Waals surface area contributed by atoms with Gasteiger partial charge in [0.25, 0.3) is 11.8 Å². The van der Waals surface area contributed by atoms with Crippen molar-refractivity contribution in [3.63, 3.8) is 0 Å². The van der Waals surface area contributed by atoms with Crippen LogP contribution in [0.3, 0.4) is 0 Å². The van der Waals surface area contributed by atoms with E-state index in [0.717, 1.165) is 12.0 Å². The third kappa shape index (κ3) is 8.22. The topological polar surface area (TPSA) is 116 Å². The molecule has 2 heterocycles. The molecule has 5 amide bonds. The van der Waals surface area contributed by atoms with Crippen LogP contribution in [-0.4, -0.2) is 76.3 Å². The van der Waals surface area contributed by atoms with Crippen molar-refractivity contribution in [3.05, 3.63) is 95.6 Å². The maximum Gasteiger partial charge on any atom is 0.261 e. The summed E-state index contributed by atoms with van der Waals surface area (Å²) in [6.45, 7) is 2.98. The number of allylic oxidation sites excluding steroid dienone is 4. The minimum Gasteiger partial charge on any atom is -0.355 e. The Balaban J connectivity index is 1.24. The Morgan fingerprint density at radius 2 is 1.64 bits per heavy atom. The molecule has 2 aliphatic heterocycles. The number of thiol groups is 1. The normalized spacial score (nSPS) is 22.1. The van der Waals surface area contributed by atoms with E-state index in [4.69, 9.17) is 0 Å². The number of nitrogens with one attached hydrogen (secondary N) is 2. The highest BCUT2D eigenvalue weighted by atomic mass is 32.1. The first-order chi connectivity index (χ1) is 22.8. The molecule has 1 saturated heterocycles. The Labute approximate surface area is 282 Å². The third-order valence-electron chi connectivity index (χ3n) is 9.39. The fourth-order valence-corrected chi connectivity index (χ4v) is 7.08. The van der Waals surface area contributed by atoms with Crippen LogP contribution in [0.2, 0.25) is 0 Å². The van der Waals surface area contributed by atoms with Gasteiger partial charge in [0.1, 0.15) is 12.1 Å². The highest BCUT2D eigenvalue weighted by molar-refractivity contribution is 7.81. The molecule has 10 heteroatoms. The quantitative estimate of drug-likeness (QED) is 0.169. The summed E-state index contributed by atoms with van der Waals surface area (Å²) < 4.78 is 0. The van der Waals surface area contributed by atoms with Crippen LogP contribution in [0.1, 0.15) is 71.7 Å². The van der Waals surface area contributed by atoms with Crippen LogP contribution < -0.4 is 10.6 Å². The maximum absolute atomic E-state index is 14.2. The summed E-state index contributed by atoms with van der Waals surface area (Å²) in [6.07, 6.45) is 12.3. The molecule has 0 spiro atoms. The van der Waals surface area contributed by atoms with Crippen molar-refractivity contribution in [1.82, 2.24) is 20.4 Å². The SMILES string of the molecule is CCNC(=O)C(Cc1ccccc1)N1CCC(C2C=CC=CC2)CC(NC(=O)C(S)CCCCN2C(=O)c3ccccc3C2=O)C1=O. The summed E-state index contributed by atoms with van der Waals surface area (Å²) >= 11 is 4.58. The lowest BCUT2D eigenvalue weighted by atomic mass is 9.81. The number of imide groups is 1. The molecule has 3 aliphatic rings. The molecular formula is C37H44N4O5S. The summed E-state index contributed by atoms with van der Waals surface area (Å²) in [5.41, 5.74) is 1.79. The van der Waals surface area contributed by atoms with E-state index in [1.165, 1.54) is 4.90 Å². The molecule has 5 rings (SSSR count). The van der Waals surface area contributed by atoms with Crippen molar-refractivity contribution in [2.24, 2.45) is 11.8 Å². The van der Waals surface area contributed by atoms with E-state index in [-0.39, 0.29) is 47.9 Å². The summed E-state index contributed by atoms with van der Waals surface area (Å²) in [7, 11) is 0. The number of likely N-dealkylation sites (tertiary alicyclic amines) is 1. The van der Waals surface area contributed by atoms with Crippen molar-refractivity contribution in [2.75, 3.05) is 19.6 Å². The zero-order valence-corrected chi connectivity index (χ0v) is 27.7. The first-order valence-corrected chi connectivity index (χ1v) is 17.2. The molecule has 2 aromatic rings. The molecule has 0 radical (unpaired) electrons. The van der Waals surface area contributed by atoms with Gasteiger partial charge in [-0.3, -0.25) is 28.9 Å². The van der Waals surface area contributed by atoms with Gasteiger partial charge in [-0.05, 0) is 68.6 Å². The van der Waals surface area contributed by atoms with Gasteiger partial charge in [0.05, 0.1) is 16.4 Å². The molecule has 1 aliphatic carbocycles. The molecule has 2 N–H and O–H groups in total. The predicted molar refractivity (Wildman–Crippen MR) is 184 cm³/mol. The Hall–Kier alpha value is -4.18. The van der Waals surface area contributed by atoms with Gasteiger partial charge < -0.3 is 15.5 Å². The van der Waals surface area contributed by atoms with E-state index in [9.17, 15) is 24.0 Å². The van der Waals surface area contributed by atoms with Gasteiger partial charge in [0.15, 0.2) is 0 Å². The second-order valence-corrected chi connectivity index (χ2v) is 13.1. The summed E-state index contributed by atoms with van der Waals surface area (Å²) in [5.74, 6) is -1.02. The van der Waals surface area contributed by atoms with E-state index < -0.39 is 17.3 Å². The maximum atomic E-state index is 14.2. The van der Waals surface area contributed by atoms with Crippen LogP contribution >= 0.6 is 12.6 Å². The van der Waals surface area contributed by atoms with Crippen molar-refractivity contribution < 1.29 is 24.0 Å². The van der Waals surface area contributed by atoms with Crippen LogP contribution in [-0.2, 0) is 20.8 Å². The molecule has 2 aromatic carbocycles. The smallest absolute Gasteiger partial charge is 0.261 e. The molecule has 248 valence electrons. The number of fused-ring (bicyclic) bond motifs is 1. The van der Waals surface area contributed by atoms with Crippen molar-refractivity contribution in [1.29, 1.82) is 0 Å². The number of nitrogens with zero attached hydrogens (tertiary/aromatic N) is 2. The van der Waals surface area contributed by atoms with Gasteiger partial charge in [-0.1, -0.05) is 73.2 Å². The van der Waals surface area contributed by atoms with Crippen LogP contribution in [0.4, 0.5) is 0 Å². The number of carbonyl (C=O) groups excluding carboxylic acids is 5. The molecule has 47 heavy (non-hydrogen) atoms. The van der Waals surface area contributed by atoms with Gasteiger partial charge in [0, 0.05) is 26.1 Å². The first-order valence-electron chi connectivity index (χ1n) is 16.7. The molecule has 9 nitrogen and oxygen atoms in total. The lowest BCUT2D eigenvalue weighted by Gasteiger charge is -2.32. The average molecular weight is 657 g/mol. The number of unbranched alkanes of at least 4 members (excludes halogenated alkanes) is 1. The van der Waals surface area contributed by atoms with Gasteiger partial charge >= 0.3 is 0 Å². The summed E-state index contributed by atoms with van der Waals surface area (Å²) in [4.78, 5) is 69.4. The van der Waals surface area contributed by atoms with Crippen LogP contribution in [0.25, 0.3) is 0 Å². The largest absolute Gasteiger partial charge is 0.355 e. The highest BCUT2D eigenvalue weighted by Gasteiger charge is 2.40. The number of hydrogen-bond donors (Lipinski definition) is 3. The Bertz CT molecular complexity index is 1490. The number of rotatable bonds is 13. The zero-order chi connectivity index (χ0) is 33.3. The fourth-order valence-electron chi connectivity index (χ4n) is 6.83. The molecule has 0 saturated carbocycles. The fraction of sp³-hybridized carbons (Fsp3) is 0.432. The standard InChI is InChI=1S/C37H44N4O5S/c1-2-38-33(42)31(23-25-13-5-3-6-14-25)40-22-20-27(26-15-7-4-8-16-26)24-30(37(40)46)39-34(43)32(47)19-11-12-21-41-35(44)28-17-9-10-18-29(28)36(41)45/h3-10,13-15,17-18,26-27,30-32,47H,2,11-12,16,19-24H2,1H3,(H,38,42)(H,39,43). The van der Waals surface area contributed by atoms with Gasteiger partial charge in [-0.25, -0.2) is 0 Å². The molecular weight excluding hydrogens is 612 g/mol. The lowest BCUT2D eigenvalue weighted by molar-refractivity contribution is -0.142. The minimum atomic E-state index is -0.796. The molecule has 5 atom stereocenters. The summed E-state index contributed by atoms with van der Waals surface area (Å²) in [5, 5.41) is 5.24. The Kier molecular flexibility index (Phi) is 11.7. The number of carbonyl (C=O) groups is 5. The lowest BCUT2D eigenvalue weighted by Crippen LogP contribution is -2.56. The molecule has 0 aromatic heterocycles. The van der Waals surface area contributed by atoms with Crippen molar-refractivity contribution in [2.45, 2.75) is 69.2 Å². The van der Waals surface area contributed by atoms with Gasteiger partial charge in [-0.2, -0.15) is 12.6 Å². The summed E-state index contributed by atoms with van der Waals surface area (Å²) in [6, 6.07) is 15.0. The second kappa shape index (κ2) is 16.1. The van der Waals surface area contributed by atoms with Gasteiger partial charge in [0.2, 0.25) is 17.7 Å². The average Bonchev–Trinajstić information content (AvgIpc) is 3.22.